The summed E-state index contributed by atoms with van der Waals surface area (Å²) >= 11 is 0. The van der Waals surface area contributed by atoms with Gasteiger partial charge < -0.3 is 5.11 Å². The van der Waals surface area contributed by atoms with Crippen LogP contribution in [0.4, 0.5) is 0 Å². The van der Waals surface area contributed by atoms with Crippen molar-refractivity contribution in [1.29, 1.82) is 0 Å². The lowest BCUT2D eigenvalue weighted by atomic mass is 9.74. The maximum atomic E-state index is 10.2. The van der Waals surface area contributed by atoms with Crippen LogP contribution in [-0.2, 0) is 5.60 Å². The van der Waals surface area contributed by atoms with E-state index in [4.69, 9.17) is 0 Å². The summed E-state index contributed by atoms with van der Waals surface area (Å²) in [7, 11) is 0. The molecule has 2 rings (SSSR count). The molecule has 0 saturated heterocycles. The van der Waals surface area contributed by atoms with Crippen molar-refractivity contribution in [2.45, 2.75) is 44.6 Å². The van der Waals surface area contributed by atoms with Gasteiger partial charge in [-0.2, -0.15) is 0 Å². The van der Waals surface area contributed by atoms with Crippen molar-refractivity contribution in [3.05, 3.63) is 35.4 Å². The van der Waals surface area contributed by atoms with Gasteiger partial charge in [0.25, 0.3) is 0 Å². The molecule has 0 heterocycles. The molecule has 1 fully saturated rings. The number of hydrogen-bond acceptors (Lipinski definition) is 1. The number of benzene rings is 1. The van der Waals surface area contributed by atoms with Crippen molar-refractivity contribution in [3.8, 4) is 0 Å². The van der Waals surface area contributed by atoms with Gasteiger partial charge in [-0.15, -0.1) is 0 Å². The molecule has 1 saturated carbocycles. The van der Waals surface area contributed by atoms with Crippen LogP contribution in [0, 0.1) is 0 Å². The Morgan fingerprint density at radius 1 is 1.29 bits per heavy atom. The molecule has 1 N–H and O–H groups in total. The average molecular weight is 190 g/mol. The molecule has 0 unspecified atom stereocenters. The first-order valence-corrected chi connectivity index (χ1v) is 5.45. The van der Waals surface area contributed by atoms with Gasteiger partial charge in [0.1, 0.15) is 0 Å². The molecule has 1 aliphatic rings. The monoisotopic (exact) mass is 190 g/mol. The molecule has 0 amide bonds. The van der Waals surface area contributed by atoms with E-state index in [0.29, 0.717) is 5.92 Å². The van der Waals surface area contributed by atoms with Crippen LogP contribution in [-0.4, -0.2) is 5.11 Å². The summed E-state index contributed by atoms with van der Waals surface area (Å²) in [4.78, 5) is 0. The Morgan fingerprint density at radius 2 is 2.00 bits per heavy atom. The molecule has 0 bridgehead atoms. The zero-order valence-corrected chi connectivity index (χ0v) is 8.96. The molecule has 1 heteroatoms. The minimum atomic E-state index is -0.509. The van der Waals surface area contributed by atoms with E-state index in [-0.39, 0.29) is 0 Å². The van der Waals surface area contributed by atoms with E-state index >= 15 is 0 Å². The first kappa shape index (κ1) is 9.72. The Morgan fingerprint density at radius 3 is 2.50 bits per heavy atom. The highest BCUT2D eigenvalue weighted by Gasteiger charge is 2.36. The topological polar surface area (TPSA) is 20.2 Å². The van der Waals surface area contributed by atoms with Gasteiger partial charge >= 0.3 is 0 Å². The SMILES string of the molecule is CC(C)c1cccc(C2(O)CCC2)c1. The fourth-order valence-electron chi connectivity index (χ4n) is 1.99. The summed E-state index contributed by atoms with van der Waals surface area (Å²) in [5, 5.41) is 10.2. The summed E-state index contributed by atoms with van der Waals surface area (Å²) in [6.07, 6.45) is 3.01. The molecule has 0 atom stereocenters. The zero-order valence-electron chi connectivity index (χ0n) is 8.96. The van der Waals surface area contributed by atoms with Crippen LogP contribution in [0.3, 0.4) is 0 Å². The first-order valence-electron chi connectivity index (χ1n) is 5.45. The van der Waals surface area contributed by atoms with Gasteiger partial charge in [-0.3, -0.25) is 0 Å². The van der Waals surface area contributed by atoms with Crippen LogP contribution >= 0.6 is 0 Å². The summed E-state index contributed by atoms with van der Waals surface area (Å²) in [5.74, 6) is 0.540. The smallest absolute Gasteiger partial charge is 0.0896 e. The Bertz CT molecular complexity index is 324. The Balaban J connectivity index is 2.30. The quantitative estimate of drug-likeness (QED) is 0.759. The van der Waals surface area contributed by atoms with E-state index in [0.717, 1.165) is 24.8 Å². The highest BCUT2D eigenvalue weighted by molar-refractivity contribution is 5.31. The maximum absolute atomic E-state index is 10.2. The van der Waals surface area contributed by atoms with E-state index < -0.39 is 5.60 Å². The van der Waals surface area contributed by atoms with Crippen LogP contribution in [0.1, 0.15) is 50.2 Å². The Kier molecular flexibility index (Phi) is 2.36. The van der Waals surface area contributed by atoms with Crippen molar-refractivity contribution < 1.29 is 5.11 Å². The maximum Gasteiger partial charge on any atom is 0.0896 e. The predicted molar refractivity (Wildman–Crippen MR) is 58.3 cm³/mol. The predicted octanol–water partition coefficient (Wildman–Crippen LogP) is 3.18. The molecule has 1 nitrogen and oxygen atoms in total. The van der Waals surface area contributed by atoms with E-state index in [2.05, 4.69) is 32.0 Å². The lowest BCUT2D eigenvalue weighted by Gasteiger charge is -2.37. The third kappa shape index (κ3) is 1.57. The molecule has 0 radical (unpaired) electrons. The van der Waals surface area contributed by atoms with Crippen LogP contribution in [0.25, 0.3) is 0 Å². The lowest BCUT2D eigenvalue weighted by molar-refractivity contribution is -0.0388. The van der Waals surface area contributed by atoms with E-state index in [9.17, 15) is 5.11 Å². The molecular weight excluding hydrogens is 172 g/mol. The third-order valence-corrected chi connectivity index (χ3v) is 3.27. The second kappa shape index (κ2) is 3.39. The van der Waals surface area contributed by atoms with Crippen LogP contribution in [0.15, 0.2) is 24.3 Å². The average Bonchev–Trinajstić information content (AvgIpc) is 2.14. The fraction of sp³-hybridized carbons (Fsp3) is 0.538. The van der Waals surface area contributed by atoms with Crippen molar-refractivity contribution >= 4 is 0 Å². The van der Waals surface area contributed by atoms with Crippen LogP contribution in [0.2, 0.25) is 0 Å². The molecule has 0 aromatic heterocycles. The summed E-state index contributed by atoms with van der Waals surface area (Å²) < 4.78 is 0. The van der Waals surface area contributed by atoms with E-state index in [1.165, 1.54) is 5.56 Å². The van der Waals surface area contributed by atoms with Crippen molar-refractivity contribution in [2.24, 2.45) is 0 Å². The molecule has 14 heavy (non-hydrogen) atoms. The first-order chi connectivity index (χ1) is 6.62. The van der Waals surface area contributed by atoms with Gasteiger partial charge in [0.15, 0.2) is 0 Å². The van der Waals surface area contributed by atoms with Gasteiger partial charge in [-0.25, -0.2) is 0 Å². The molecule has 1 aromatic rings. The van der Waals surface area contributed by atoms with Crippen molar-refractivity contribution in [1.82, 2.24) is 0 Å². The number of rotatable bonds is 2. The highest BCUT2D eigenvalue weighted by Crippen LogP contribution is 2.41. The van der Waals surface area contributed by atoms with Crippen LogP contribution in [0.5, 0.6) is 0 Å². The largest absolute Gasteiger partial charge is 0.385 e. The van der Waals surface area contributed by atoms with Gasteiger partial charge in [0.2, 0.25) is 0 Å². The second-order valence-corrected chi connectivity index (χ2v) is 4.67. The summed E-state index contributed by atoms with van der Waals surface area (Å²) in [6, 6.07) is 8.39. The molecule has 0 spiro atoms. The minimum Gasteiger partial charge on any atom is -0.385 e. The zero-order chi connectivity index (χ0) is 10.2. The number of hydrogen-bond donors (Lipinski definition) is 1. The van der Waals surface area contributed by atoms with Gasteiger partial charge in [0.05, 0.1) is 5.60 Å². The molecule has 76 valence electrons. The minimum absolute atomic E-state index is 0.509. The van der Waals surface area contributed by atoms with Crippen LogP contribution < -0.4 is 0 Å². The molecule has 0 aliphatic heterocycles. The van der Waals surface area contributed by atoms with E-state index in [1.807, 2.05) is 6.07 Å². The summed E-state index contributed by atoms with van der Waals surface area (Å²) in [5.41, 5.74) is 1.92. The van der Waals surface area contributed by atoms with Crippen molar-refractivity contribution in [2.75, 3.05) is 0 Å². The fourth-order valence-corrected chi connectivity index (χ4v) is 1.99. The molecular formula is C13H18O. The number of aliphatic hydroxyl groups is 1. The molecule has 1 aliphatic carbocycles. The normalized spacial score (nSPS) is 19.4. The Hall–Kier alpha value is -0.820. The Labute approximate surface area is 85.8 Å². The highest BCUT2D eigenvalue weighted by atomic mass is 16.3. The molecule has 1 aromatic carbocycles. The lowest BCUT2D eigenvalue weighted by Crippen LogP contribution is -2.33. The van der Waals surface area contributed by atoms with Crippen molar-refractivity contribution in [3.63, 3.8) is 0 Å². The van der Waals surface area contributed by atoms with E-state index in [1.54, 1.807) is 0 Å². The second-order valence-electron chi connectivity index (χ2n) is 4.67. The van der Waals surface area contributed by atoms with Gasteiger partial charge in [0, 0.05) is 0 Å². The third-order valence-electron chi connectivity index (χ3n) is 3.27. The summed E-state index contributed by atoms with van der Waals surface area (Å²) in [6.45, 7) is 4.37. The van der Waals surface area contributed by atoms with Gasteiger partial charge in [-0.05, 0) is 36.3 Å². The van der Waals surface area contributed by atoms with Gasteiger partial charge in [-0.1, -0.05) is 38.1 Å². The standard InChI is InChI=1S/C13H18O/c1-10(2)11-5-3-6-12(9-11)13(14)7-4-8-13/h3,5-6,9-10,14H,4,7-8H2,1-2H3.